The van der Waals surface area contributed by atoms with Gasteiger partial charge in [0.1, 0.15) is 5.65 Å². The van der Waals surface area contributed by atoms with E-state index in [9.17, 15) is 4.79 Å². The zero-order chi connectivity index (χ0) is 14.2. The molecule has 2 rings (SSSR count). The molecule has 0 saturated heterocycles. The fourth-order valence-electron chi connectivity index (χ4n) is 1.65. The van der Waals surface area contributed by atoms with Crippen LogP contribution in [-0.4, -0.2) is 39.6 Å². The first kappa shape index (κ1) is 13.6. The molecule has 0 atom stereocenters. The topological polar surface area (TPSA) is 60.2 Å². The van der Waals surface area contributed by atoms with Crippen LogP contribution in [-0.2, 0) is 0 Å². The van der Waals surface area contributed by atoms with Crippen LogP contribution in [0, 0.1) is 0 Å². The monoisotopic (exact) mass is 282 g/mol. The number of ether oxygens (including phenoxy) is 1. The van der Waals surface area contributed by atoms with E-state index in [2.05, 4.69) is 9.97 Å². The van der Waals surface area contributed by atoms with Crippen LogP contribution in [0.3, 0.4) is 0 Å². The number of hydrogen-bond donors (Lipinski definition) is 0. The lowest BCUT2D eigenvalue weighted by Crippen LogP contribution is -2.25. The fraction of sp³-hybridized carbons (Fsp3) is 0.417. The van der Waals surface area contributed by atoms with Gasteiger partial charge >= 0.3 is 6.09 Å². The van der Waals surface area contributed by atoms with Crippen LogP contribution in [0.2, 0.25) is 5.28 Å². The molecule has 102 valence electrons. The summed E-state index contributed by atoms with van der Waals surface area (Å²) in [5, 5.41) is 0.711. The zero-order valence-electron chi connectivity index (χ0n) is 11.2. The summed E-state index contributed by atoms with van der Waals surface area (Å²) in [6.45, 7) is 4.06. The third kappa shape index (κ3) is 2.63. The molecule has 2 heterocycles. The van der Waals surface area contributed by atoms with Crippen molar-refractivity contribution in [1.29, 1.82) is 0 Å². The SMILES string of the molecule is CC(C)n1ccc2c(OC(=O)N(C)C)nc(Cl)nc21. The summed E-state index contributed by atoms with van der Waals surface area (Å²) in [5.74, 6) is 0.174. The van der Waals surface area contributed by atoms with Gasteiger partial charge in [0.2, 0.25) is 11.2 Å². The van der Waals surface area contributed by atoms with Gasteiger partial charge in [0.25, 0.3) is 0 Å². The smallest absolute Gasteiger partial charge is 0.390 e. The predicted molar refractivity (Wildman–Crippen MR) is 72.6 cm³/mol. The number of nitrogens with zero attached hydrogens (tertiary/aromatic N) is 4. The first-order valence-electron chi connectivity index (χ1n) is 5.83. The molecular formula is C12H15ClN4O2. The Kier molecular flexibility index (Phi) is 3.61. The average Bonchev–Trinajstić information content (AvgIpc) is 2.72. The maximum Gasteiger partial charge on any atom is 0.416 e. The van der Waals surface area contributed by atoms with E-state index in [0.717, 1.165) is 0 Å². The van der Waals surface area contributed by atoms with E-state index in [0.29, 0.717) is 11.0 Å². The second kappa shape index (κ2) is 5.05. The number of amides is 1. The van der Waals surface area contributed by atoms with E-state index in [1.807, 2.05) is 30.7 Å². The van der Waals surface area contributed by atoms with Crippen molar-refractivity contribution in [2.24, 2.45) is 0 Å². The van der Waals surface area contributed by atoms with Gasteiger partial charge in [0.15, 0.2) is 0 Å². The van der Waals surface area contributed by atoms with E-state index >= 15 is 0 Å². The van der Waals surface area contributed by atoms with Gasteiger partial charge < -0.3 is 14.2 Å². The lowest BCUT2D eigenvalue weighted by Gasteiger charge is -2.12. The van der Waals surface area contributed by atoms with Crippen LogP contribution in [0.4, 0.5) is 4.79 Å². The predicted octanol–water partition coefficient (Wildman–Crippen LogP) is 2.73. The number of aromatic nitrogens is 3. The molecule has 0 N–H and O–H groups in total. The molecule has 0 aliphatic heterocycles. The van der Waals surface area contributed by atoms with Crippen LogP contribution in [0.25, 0.3) is 11.0 Å². The molecule has 1 amide bonds. The van der Waals surface area contributed by atoms with Crippen molar-refractivity contribution in [3.8, 4) is 5.88 Å². The molecule has 0 spiro atoms. The molecule has 0 fully saturated rings. The van der Waals surface area contributed by atoms with Gasteiger partial charge in [0.05, 0.1) is 5.39 Å². The van der Waals surface area contributed by atoms with Crippen LogP contribution in [0.15, 0.2) is 12.3 Å². The van der Waals surface area contributed by atoms with Crippen molar-refractivity contribution in [3.05, 3.63) is 17.5 Å². The molecule has 0 unspecified atom stereocenters. The van der Waals surface area contributed by atoms with Gasteiger partial charge in [-0.2, -0.15) is 9.97 Å². The maximum atomic E-state index is 11.6. The molecule has 0 saturated carbocycles. The summed E-state index contributed by atoms with van der Waals surface area (Å²) in [6, 6.07) is 2.03. The Hall–Kier alpha value is -1.82. The highest BCUT2D eigenvalue weighted by molar-refractivity contribution is 6.28. The number of rotatable bonds is 2. The molecular weight excluding hydrogens is 268 g/mol. The largest absolute Gasteiger partial charge is 0.416 e. The maximum absolute atomic E-state index is 11.6. The summed E-state index contributed by atoms with van der Waals surface area (Å²) in [6.07, 6.45) is 1.36. The minimum absolute atomic E-state index is 0.0506. The van der Waals surface area contributed by atoms with E-state index in [-0.39, 0.29) is 17.2 Å². The molecule has 6 nitrogen and oxygen atoms in total. The number of hydrogen-bond acceptors (Lipinski definition) is 4. The molecule has 2 aromatic heterocycles. The van der Waals surface area contributed by atoms with Crippen molar-refractivity contribution in [1.82, 2.24) is 19.4 Å². The van der Waals surface area contributed by atoms with Crippen LogP contribution >= 0.6 is 11.6 Å². The Bertz CT molecular complexity index is 621. The third-order valence-electron chi connectivity index (χ3n) is 2.62. The molecule has 0 aliphatic carbocycles. The first-order valence-corrected chi connectivity index (χ1v) is 6.21. The standard InChI is InChI=1S/C12H15ClN4O2/c1-7(2)17-6-5-8-9(17)14-11(13)15-10(8)19-12(18)16(3)4/h5-7H,1-4H3. The highest BCUT2D eigenvalue weighted by Crippen LogP contribution is 2.27. The van der Waals surface area contributed by atoms with Gasteiger partial charge in [-0.1, -0.05) is 0 Å². The number of carbonyl (C=O) groups is 1. The van der Waals surface area contributed by atoms with Crippen molar-refractivity contribution < 1.29 is 9.53 Å². The Morgan fingerprint density at radius 1 is 1.42 bits per heavy atom. The minimum atomic E-state index is -0.506. The molecule has 19 heavy (non-hydrogen) atoms. The highest BCUT2D eigenvalue weighted by Gasteiger charge is 2.16. The summed E-state index contributed by atoms with van der Waals surface area (Å²) in [5.41, 5.74) is 0.650. The summed E-state index contributed by atoms with van der Waals surface area (Å²) in [7, 11) is 3.20. The number of halogens is 1. The van der Waals surface area contributed by atoms with Gasteiger partial charge in [0, 0.05) is 26.3 Å². The number of carbonyl (C=O) groups excluding carboxylic acids is 1. The quantitative estimate of drug-likeness (QED) is 0.795. The molecule has 0 aliphatic rings. The highest BCUT2D eigenvalue weighted by atomic mass is 35.5. The third-order valence-corrected chi connectivity index (χ3v) is 2.78. The minimum Gasteiger partial charge on any atom is -0.390 e. The molecule has 0 bridgehead atoms. The van der Waals surface area contributed by atoms with Gasteiger partial charge in [-0.3, -0.25) is 0 Å². The Balaban J connectivity index is 2.52. The zero-order valence-corrected chi connectivity index (χ0v) is 12.0. The Morgan fingerprint density at radius 3 is 2.68 bits per heavy atom. The van der Waals surface area contributed by atoms with E-state index in [4.69, 9.17) is 16.3 Å². The van der Waals surface area contributed by atoms with Gasteiger partial charge in [-0.05, 0) is 31.5 Å². The average molecular weight is 283 g/mol. The Morgan fingerprint density at radius 2 is 2.11 bits per heavy atom. The van der Waals surface area contributed by atoms with Crippen molar-refractivity contribution in [2.45, 2.75) is 19.9 Å². The molecule has 0 aromatic carbocycles. The molecule has 7 heteroatoms. The normalized spacial score (nSPS) is 11.1. The lowest BCUT2D eigenvalue weighted by atomic mass is 10.4. The van der Waals surface area contributed by atoms with Crippen LogP contribution in [0.1, 0.15) is 19.9 Å². The van der Waals surface area contributed by atoms with Crippen molar-refractivity contribution in [2.75, 3.05) is 14.1 Å². The second-order valence-electron chi connectivity index (χ2n) is 4.61. The number of fused-ring (bicyclic) bond motifs is 1. The second-order valence-corrected chi connectivity index (χ2v) is 4.95. The van der Waals surface area contributed by atoms with Crippen LogP contribution < -0.4 is 4.74 Å². The lowest BCUT2D eigenvalue weighted by molar-refractivity contribution is 0.170. The Labute approximate surface area is 115 Å². The first-order chi connectivity index (χ1) is 8.90. The van der Waals surface area contributed by atoms with E-state index in [1.165, 1.54) is 4.90 Å². The van der Waals surface area contributed by atoms with Crippen LogP contribution in [0.5, 0.6) is 5.88 Å². The molecule has 2 aromatic rings. The van der Waals surface area contributed by atoms with Gasteiger partial charge in [-0.25, -0.2) is 4.79 Å². The van der Waals surface area contributed by atoms with E-state index < -0.39 is 6.09 Å². The van der Waals surface area contributed by atoms with Crippen molar-refractivity contribution >= 4 is 28.7 Å². The van der Waals surface area contributed by atoms with Crippen molar-refractivity contribution in [3.63, 3.8) is 0 Å². The fourth-order valence-corrected chi connectivity index (χ4v) is 1.81. The summed E-state index contributed by atoms with van der Waals surface area (Å²) < 4.78 is 7.14. The van der Waals surface area contributed by atoms with E-state index in [1.54, 1.807) is 14.1 Å². The van der Waals surface area contributed by atoms with Gasteiger partial charge in [-0.15, -0.1) is 0 Å². The molecule has 0 radical (unpaired) electrons. The summed E-state index contributed by atoms with van der Waals surface area (Å²) >= 11 is 5.88. The summed E-state index contributed by atoms with van der Waals surface area (Å²) in [4.78, 5) is 21.1.